The number of nitrogens with zero attached hydrogens (tertiary/aromatic N) is 7. The second-order valence-electron chi connectivity index (χ2n) is 7.43. The van der Waals surface area contributed by atoms with E-state index in [1.54, 1.807) is 12.4 Å². The summed E-state index contributed by atoms with van der Waals surface area (Å²) < 4.78 is 1.92. The normalized spacial score (nSPS) is 14.8. The van der Waals surface area contributed by atoms with Gasteiger partial charge in [-0.05, 0) is 36.9 Å². The maximum atomic E-state index is 6.15. The Hall–Kier alpha value is -3.23. The van der Waals surface area contributed by atoms with E-state index in [2.05, 4.69) is 48.0 Å². The minimum absolute atomic E-state index is 0.478. The number of imidazole rings is 1. The Kier molecular flexibility index (Phi) is 5.40. The third-order valence-electron chi connectivity index (χ3n) is 5.56. The van der Waals surface area contributed by atoms with E-state index in [9.17, 15) is 0 Å². The summed E-state index contributed by atoms with van der Waals surface area (Å²) in [4.78, 5) is 22.8. The molecule has 1 saturated heterocycles. The van der Waals surface area contributed by atoms with Gasteiger partial charge in [0, 0.05) is 38.6 Å². The van der Waals surface area contributed by atoms with Crippen molar-refractivity contribution >= 4 is 34.7 Å². The van der Waals surface area contributed by atoms with Gasteiger partial charge in [-0.2, -0.15) is 0 Å². The maximum absolute atomic E-state index is 6.15. The van der Waals surface area contributed by atoms with E-state index >= 15 is 0 Å². The van der Waals surface area contributed by atoms with Gasteiger partial charge in [-0.15, -0.1) is 0 Å². The van der Waals surface area contributed by atoms with Crippen LogP contribution in [0.25, 0.3) is 17.0 Å². The molecule has 1 aliphatic heterocycles. The molecule has 0 saturated carbocycles. The first-order chi connectivity index (χ1) is 15.2. The number of nitrogens with one attached hydrogen (secondary N) is 1. The molecule has 0 bridgehead atoms. The molecule has 1 aliphatic rings. The summed E-state index contributed by atoms with van der Waals surface area (Å²) in [7, 11) is 0. The van der Waals surface area contributed by atoms with Crippen molar-refractivity contribution in [1.29, 1.82) is 0 Å². The van der Waals surface area contributed by atoms with Crippen molar-refractivity contribution in [2.24, 2.45) is 0 Å². The molecule has 0 radical (unpaired) electrons. The highest BCUT2D eigenvalue weighted by Gasteiger charge is 2.16. The summed E-state index contributed by atoms with van der Waals surface area (Å²) in [5, 5.41) is 3.83. The lowest BCUT2D eigenvalue weighted by atomic mass is 10.2. The summed E-state index contributed by atoms with van der Waals surface area (Å²) in [6.45, 7) is 7.54. The van der Waals surface area contributed by atoms with Crippen LogP contribution in [0.2, 0.25) is 5.02 Å². The highest BCUT2D eigenvalue weighted by atomic mass is 35.5. The van der Waals surface area contributed by atoms with Gasteiger partial charge < -0.3 is 15.1 Å². The number of fused-ring (bicyclic) bond motifs is 1. The van der Waals surface area contributed by atoms with Crippen LogP contribution in [0, 0.1) is 0 Å². The number of piperazine rings is 1. The Morgan fingerprint density at radius 3 is 2.61 bits per heavy atom. The molecule has 9 heteroatoms. The van der Waals surface area contributed by atoms with Gasteiger partial charge in [0.1, 0.15) is 11.5 Å². The predicted molar refractivity (Wildman–Crippen MR) is 123 cm³/mol. The van der Waals surface area contributed by atoms with Crippen LogP contribution in [-0.2, 0) is 0 Å². The van der Waals surface area contributed by atoms with Crippen molar-refractivity contribution < 1.29 is 0 Å². The number of anilines is 3. The highest BCUT2D eigenvalue weighted by molar-refractivity contribution is 6.30. The molecule has 158 valence electrons. The van der Waals surface area contributed by atoms with Crippen LogP contribution in [0.15, 0.2) is 55.1 Å². The molecule has 31 heavy (non-hydrogen) atoms. The largest absolute Gasteiger partial charge is 0.368 e. The molecular formula is C22H23ClN8. The minimum Gasteiger partial charge on any atom is -0.368 e. The first-order valence-electron chi connectivity index (χ1n) is 10.4. The lowest BCUT2D eigenvalue weighted by molar-refractivity contribution is 0.271. The molecule has 4 aromatic heterocycles. The molecule has 0 atom stereocenters. The van der Waals surface area contributed by atoms with Crippen molar-refractivity contribution in [1.82, 2.24) is 29.2 Å². The Bertz CT molecular complexity index is 1180. The molecule has 1 N–H and O–H groups in total. The van der Waals surface area contributed by atoms with Gasteiger partial charge >= 0.3 is 0 Å². The van der Waals surface area contributed by atoms with E-state index in [0.29, 0.717) is 16.8 Å². The van der Waals surface area contributed by atoms with Crippen LogP contribution >= 0.6 is 11.6 Å². The average Bonchev–Trinajstić information content (AvgIpc) is 3.23. The molecule has 0 spiro atoms. The lowest BCUT2D eigenvalue weighted by Crippen LogP contribution is -2.46. The van der Waals surface area contributed by atoms with Gasteiger partial charge in [-0.1, -0.05) is 18.5 Å². The smallest absolute Gasteiger partial charge is 0.228 e. The summed E-state index contributed by atoms with van der Waals surface area (Å²) >= 11 is 6.15. The molecule has 0 unspecified atom stereocenters. The molecule has 1 fully saturated rings. The standard InChI is InChI=1S/C22H23ClN8/c1-2-29-9-11-30(12-10-29)17-4-5-20(25-13-17)28-22-24-8-7-18(27-22)19-14-26-21-6-3-16(23)15-31(19)21/h3-8,13-15H,2,9-12H2,1H3,(H,24,25,27,28). The summed E-state index contributed by atoms with van der Waals surface area (Å²) in [5.74, 6) is 1.18. The van der Waals surface area contributed by atoms with Crippen molar-refractivity contribution in [3.63, 3.8) is 0 Å². The number of aromatic nitrogens is 5. The van der Waals surface area contributed by atoms with Crippen LogP contribution in [0.1, 0.15) is 6.92 Å². The fourth-order valence-corrected chi connectivity index (χ4v) is 3.95. The van der Waals surface area contributed by atoms with Crippen LogP contribution in [0.3, 0.4) is 0 Å². The van der Waals surface area contributed by atoms with Crippen molar-refractivity contribution in [2.45, 2.75) is 6.92 Å². The first kappa shape index (κ1) is 19.7. The number of hydrogen-bond donors (Lipinski definition) is 1. The molecule has 5 heterocycles. The first-order valence-corrected chi connectivity index (χ1v) is 10.7. The van der Waals surface area contributed by atoms with Gasteiger partial charge in [0.2, 0.25) is 5.95 Å². The van der Waals surface area contributed by atoms with Crippen LogP contribution in [-0.4, -0.2) is 62.0 Å². The van der Waals surface area contributed by atoms with Crippen molar-refractivity contribution in [3.05, 3.63) is 60.1 Å². The molecule has 0 aromatic carbocycles. The van der Waals surface area contributed by atoms with Gasteiger partial charge in [-0.25, -0.2) is 19.9 Å². The quantitative estimate of drug-likeness (QED) is 0.513. The molecule has 0 amide bonds. The maximum Gasteiger partial charge on any atom is 0.228 e. The minimum atomic E-state index is 0.478. The second kappa shape index (κ2) is 8.49. The second-order valence-corrected chi connectivity index (χ2v) is 7.87. The summed E-state index contributed by atoms with van der Waals surface area (Å²) in [6.07, 6.45) is 7.23. The molecule has 5 rings (SSSR count). The van der Waals surface area contributed by atoms with Gasteiger partial charge in [0.05, 0.1) is 34.5 Å². The Balaban J connectivity index is 1.32. The number of hydrogen-bond acceptors (Lipinski definition) is 7. The van der Waals surface area contributed by atoms with Gasteiger partial charge in [-0.3, -0.25) is 4.40 Å². The SMILES string of the molecule is CCN1CCN(c2ccc(Nc3nccc(-c4cnc5ccc(Cl)cn45)n3)nc2)CC1. The number of pyridine rings is 2. The zero-order valence-corrected chi connectivity index (χ0v) is 18.0. The third kappa shape index (κ3) is 4.17. The highest BCUT2D eigenvalue weighted by Crippen LogP contribution is 2.23. The number of rotatable bonds is 5. The molecule has 8 nitrogen and oxygen atoms in total. The van der Waals surface area contributed by atoms with Crippen molar-refractivity contribution in [2.75, 3.05) is 42.9 Å². The van der Waals surface area contributed by atoms with E-state index < -0.39 is 0 Å². The summed E-state index contributed by atoms with van der Waals surface area (Å²) in [5.41, 5.74) is 3.54. The van der Waals surface area contributed by atoms with E-state index in [-0.39, 0.29) is 0 Å². The Morgan fingerprint density at radius 2 is 1.84 bits per heavy atom. The third-order valence-corrected chi connectivity index (χ3v) is 5.78. The van der Waals surface area contributed by atoms with Gasteiger partial charge in [0.15, 0.2) is 0 Å². The lowest BCUT2D eigenvalue weighted by Gasteiger charge is -2.35. The van der Waals surface area contributed by atoms with E-state index in [4.69, 9.17) is 11.6 Å². The van der Waals surface area contributed by atoms with Crippen LogP contribution in [0.4, 0.5) is 17.5 Å². The fraction of sp³-hybridized carbons (Fsp3) is 0.273. The van der Waals surface area contributed by atoms with Crippen LogP contribution in [0.5, 0.6) is 0 Å². The fourth-order valence-electron chi connectivity index (χ4n) is 3.79. The monoisotopic (exact) mass is 434 g/mol. The zero-order chi connectivity index (χ0) is 21.2. The van der Waals surface area contributed by atoms with E-state index in [1.165, 1.54) is 0 Å². The molecular weight excluding hydrogens is 412 g/mol. The molecule has 0 aliphatic carbocycles. The number of likely N-dealkylation sites (N-methyl/N-ethyl adjacent to an activating group) is 1. The summed E-state index contributed by atoms with van der Waals surface area (Å²) in [6, 6.07) is 9.60. The zero-order valence-electron chi connectivity index (χ0n) is 17.2. The van der Waals surface area contributed by atoms with E-state index in [1.807, 2.05) is 41.1 Å². The van der Waals surface area contributed by atoms with E-state index in [0.717, 1.165) is 55.4 Å². The molecule has 4 aromatic rings. The number of halogens is 1. The van der Waals surface area contributed by atoms with Crippen molar-refractivity contribution in [3.8, 4) is 11.4 Å². The predicted octanol–water partition coefficient (Wildman–Crippen LogP) is 3.73. The topological polar surface area (TPSA) is 74.5 Å². The average molecular weight is 435 g/mol. The van der Waals surface area contributed by atoms with Crippen LogP contribution < -0.4 is 10.2 Å². The van der Waals surface area contributed by atoms with Gasteiger partial charge in [0.25, 0.3) is 0 Å². The Labute approximate surface area is 185 Å². The Morgan fingerprint density at radius 1 is 0.968 bits per heavy atom.